The summed E-state index contributed by atoms with van der Waals surface area (Å²) >= 11 is 5.84. The van der Waals surface area contributed by atoms with Gasteiger partial charge < -0.3 is 9.80 Å². The molecule has 0 radical (unpaired) electrons. The summed E-state index contributed by atoms with van der Waals surface area (Å²) in [4.78, 5) is 8.95. The van der Waals surface area contributed by atoms with Crippen molar-refractivity contribution in [3.8, 4) is 0 Å². The molecule has 2 aliphatic heterocycles. The summed E-state index contributed by atoms with van der Waals surface area (Å²) in [6, 6.07) is 6.27. The van der Waals surface area contributed by atoms with Crippen LogP contribution < -0.4 is 0 Å². The van der Waals surface area contributed by atoms with Crippen LogP contribution in [0.15, 0.2) is 34.2 Å². The highest BCUT2D eigenvalue weighted by molar-refractivity contribution is 7.89. The summed E-state index contributed by atoms with van der Waals surface area (Å²) in [5.41, 5.74) is 0. The van der Waals surface area contributed by atoms with Gasteiger partial charge >= 0.3 is 0 Å². The van der Waals surface area contributed by atoms with Gasteiger partial charge in [-0.05, 0) is 31.3 Å². The van der Waals surface area contributed by atoms with Gasteiger partial charge in [0.15, 0.2) is 0 Å². The molecule has 0 spiro atoms. The fourth-order valence-electron chi connectivity index (χ4n) is 2.65. The molecular formula is C14H19ClN4O2S. The Bertz CT molecular complexity index is 667. The van der Waals surface area contributed by atoms with Crippen LogP contribution in [0.2, 0.25) is 5.02 Å². The van der Waals surface area contributed by atoms with E-state index in [0.717, 1.165) is 26.2 Å². The van der Waals surface area contributed by atoms with Crippen molar-refractivity contribution in [3.05, 3.63) is 29.3 Å². The maximum atomic E-state index is 12.8. The van der Waals surface area contributed by atoms with E-state index >= 15 is 0 Å². The highest BCUT2D eigenvalue weighted by Gasteiger charge is 2.34. The molecule has 0 bridgehead atoms. The molecule has 6 nitrogen and oxygen atoms in total. The standard InChI is InChI=1S/C14H19ClN4O2S/c1-17-8-10-18(11-9-17)14-16-6-7-19(14)22(20,21)13-4-2-12(15)3-5-13/h2-5H,6-11H2,1H3. The number of hydrogen-bond acceptors (Lipinski definition) is 5. The number of hydrogen-bond donors (Lipinski definition) is 0. The molecule has 1 fully saturated rings. The van der Waals surface area contributed by atoms with Crippen LogP contribution >= 0.6 is 11.6 Å². The molecule has 0 atom stereocenters. The SMILES string of the molecule is CN1CCN(C2=NCCN2S(=O)(=O)c2ccc(Cl)cc2)CC1. The lowest BCUT2D eigenvalue weighted by Gasteiger charge is -2.36. The number of sulfonamides is 1. The molecule has 3 rings (SSSR count). The number of guanidine groups is 1. The van der Waals surface area contributed by atoms with E-state index in [0.29, 0.717) is 24.1 Å². The van der Waals surface area contributed by atoms with Gasteiger partial charge in [-0.15, -0.1) is 0 Å². The van der Waals surface area contributed by atoms with E-state index in [1.807, 2.05) is 0 Å². The van der Waals surface area contributed by atoms with E-state index in [1.54, 1.807) is 12.1 Å². The molecule has 0 saturated carbocycles. The lowest BCUT2D eigenvalue weighted by atomic mass is 10.3. The third-order valence-electron chi connectivity index (χ3n) is 3.97. The Labute approximate surface area is 136 Å². The van der Waals surface area contributed by atoms with Crippen LogP contribution in [-0.2, 0) is 10.0 Å². The average molecular weight is 343 g/mol. The van der Waals surface area contributed by atoms with Crippen molar-refractivity contribution in [3.63, 3.8) is 0 Å². The van der Waals surface area contributed by atoms with Gasteiger partial charge in [0.25, 0.3) is 10.0 Å². The van der Waals surface area contributed by atoms with E-state index in [4.69, 9.17) is 11.6 Å². The molecule has 22 heavy (non-hydrogen) atoms. The van der Waals surface area contributed by atoms with Gasteiger partial charge in [0.1, 0.15) is 0 Å². The lowest BCUT2D eigenvalue weighted by Crippen LogP contribution is -2.52. The van der Waals surface area contributed by atoms with Crippen molar-refractivity contribution in [2.75, 3.05) is 46.3 Å². The van der Waals surface area contributed by atoms with Gasteiger partial charge in [0, 0.05) is 31.2 Å². The van der Waals surface area contributed by atoms with Crippen LogP contribution in [0, 0.1) is 0 Å². The Morgan fingerprint density at radius 3 is 2.32 bits per heavy atom. The minimum Gasteiger partial charge on any atom is -0.339 e. The van der Waals surface area contributed by atoms with E-state index in [1.165, 1.54) is 16.4 Å². The van der Waals surface area contributed by atoms with Crippen LogP contribution in [-0.4, -0.2) is 74.8 Å². The first-order valence-electron chi connectivity index (χ1n) is 7.25. The molecule has 2 aliphatic rings. The molecule has 2 heterocycles. The second-order valence-electron chi connectivity index (χ2n) is 5.50. The summed E-state index contributed by atoms with van der Waals surface area (Å²) < 4.78 is 27.1. The molecule has 0 N–H and O–H groups in total. The third-order valence-corrected chi connectivity index (χ3v) is 6.01. The van der Waals surface area contributed by atoms with Gasteiger partial charge in [-0.2, -0.15) is 0 Å². The van der Waals surface area contributed by atoms with E-state index in [-0.39, 0.29) is 4.90 Å². The number of piperazine rings is 1. The normalized spacial score (nSPS) is 20.4. The van der Waals surface area contributed by atoms with Crippen molar-refractivity contribution in [1.82, 2.24) is 14.1 Å². The number of aliphatic imine (C=N–C) groups is 1. The fraction of sp³-hybridized carbons (Fsp3) is 0.500. The minimum atomic E-state index is -3.58. The smallest absolute Gasteiger partial charge is 0.266 e. The molecule has 0 aromatic heterocycles. The first-order valence-corrected chi connectivity index (χ1v) is 9.06. The second kappa shape index (κ2) is 6.06. The Balaban J connectivity index is 1.84. The molecule has 1 aromatic carbocycles. The summed E-state index contributed by atoms with van der Waals surface area (Å²) in [7, 11) is -1.51. The lowest BCUT2D eigenvalue weighted by molar-refractivity contribution is 0.208. The average Bonchev–Trinajstić information content (AvgIpc) is 2.99. The fourth-order valence-corrected chi connectivity index (χ4v) is 4.22. The first kappa shape index (κ1) is 15.6. The zero-order chi connectivity index (χ0) is 15.7. The molecule has 0 amide bonds. The maximum absolute atomic E-state index is 12.8. The van der Waals surface area contributed by atoms with E-state index in [2.05, 4.69) is 21.8 Å². The van der Waals surface area contributed by atoms with Gasteiger partial charge in [0.2, 0.25) is 5.96 Å². The van der Waals surface area contributed by atoms with Crippen LogP contribution in [0.5, 0.6) is 0 Å². The van der Waals surface area contributed by atoms with Crippen molar-refractivity contribution < 1.29 is 8.42 Å². The number of nitrogens with zero attached hydrogens (tertiary/aromatic N) is 4. The maximum Gasteiger partial charge on any atom is 0.266 e. The Hall–Kier alpha value is -1.31. The first-order chi connectivity index (χ1) is 10.5. The summed E-state index contributed by atoms with van der Waals surface area (Å²) in [5.74, 6) is 0.572. The summed E-state index contributed by atoms with van der Waals surface area (Å²) in [5, 5.41) is 0.522. The number of rotatable bonds is 2. The van der Waals surface area contributed by atoms with Crippen LogP contribution in [0.1, 0.15) is 0 Å². The number of likely N-dealkylation sites (N-methyl/N-ethyl adjacent to an activating group) is 1. The largest absolute Gasteiger partial charge is 0.339 e. The second-order valence-corrected chi connectivity index (χ2v) is 7.80. The van der Waals surface area contributed by atoms with Crippen LogP contribution in [0.3, 0.4) is 0 Å². The van der Waals surface area contributed by atoms with Gasteiger partial charge in [-0.1, -0.05) is 11.6 Å². The monoisotopic (exact) mass is 342 g/mol. The Morgan fingerprint density at radius 2 is 1.68 bits per heavy atom. The molecule has 8 heteroatoms. The molecule has 0 unspecified atom stereocenters. The predicted octanol–water partition coefficient (Wildman–Crippen LogP) is 0.948. The zero-order valence-electron chi connectivity index (χ0n) is 12.4. The van der Waals surface area contributed by atoms with Crippen molar-refractivity contribution in [2.45, 2.75) is 4.90 Å². The van der Waals surface area contributed by atoms with Gasteiger partial charge in [0.05, 0.1) is 18.0 Å². The van der Waals surface area contributed by atoms with E-state index < -0.39 is 10.0 Å². The van der Waals surface area contributed by atoms with Crippen molar-refractivity contribution in [2.24, 2.45) is 4.99 Å². The molecule has 120 valence electrons. The third kappa shape index (κ3) is 2.93. The minimum absolute atomic E-state index is 0.251. The number of halogens is 1. The van der Waals surface area contributed by atoms with Crippen molar-refractivity contribution >= 4 is 27.6 Å². The number of benzene rings is 1. The molecule has 1 aromatic rings. The molecule has 0 aliphatic carbocycles. The van der Waals surface area contributed by atoms with Crippen LogP contribution in [0.25, 0.3) is 0 Å². The highest BCUT2D eigenvalue weighted by Crippen LogP contribution is 2.22. The van der Waals surface area contributed by atoms with Crippen molar-refractivity contribution in [1.29, 1.82) is 0 Å². The topological polar surface area (TPSA) is 56.2 Å². The molecular weight excluding hydrogens is 324 g/mol. The van der Waals surface area contributed by atoms with Gasteiger partial charge in [-0.3, -0.25) is 4.99 Å². The molecule has 1 saturated heterocycles. The Kier molecular flexibility index (Phi) is 4.29. The highest BCUT2D eigenvalue weighted by atomic mass is 35.5. The van der Waals surface area contributed by atoms with E-state index in [9.17, 15) is 8.42 Å². The predicted molar refractivity (Wildman–Crippen MR) is 86.7 cm³/mol. The quantitative estimate of drug-likeness (QED) is 0.803. The zero-order valence-corrected chi connectivity index (χ0v) is 14.0. The van der Waals surface area contributed by atoms with Gasteiger partial charge in [-0.25, -0.2) is 12.7 Å². The Morgan fingerprint density at radius 1 is 1.05 bits per heavy atom. The summed E-state index contributed by atoms with van der Waals surface area (Å²) in [6.07, 6.45) is 0. The van der Waals surface area contributed by atoms with Crippen LogP contribution in [0.4, 0.5) is 0 Å². The summed E-state index contributed by atoms with van der Waals surface area (Å²) in [6.45, 7) is 4.31.